The molecule has 2 N–H and O–H groups in total. The lowest BCUT2D eigenvalue weighted by atomic mass is 9.98. The van der Waals surface area contributed by atoms with Crippen molar-refractivity contribution in [3.05, 3.63) is 83.2 Å². The number of carbonyl (C=O) groups is 1. The van der Waals surface area contributed by atoms with Gasteiger partial charge >= 0.3 is 0 Å². The second-order valence-electron chi connectivity index (χ2n) is 7.62. The normalized spacial score (nSPS) is 13.8. The topological polar surface area (TPSA) is 97.9 Å². The molecular formula is C24H18ClFN6O. The molecule has 9 heteroatoms. The molecular weight excluding hydrogens is 443 g/mol. The SMILES string of the molecule is NC(=O)c1cccc(-c2nccnc2C2=CCN(c3ncc4cc(F)c(Cl)cc4n3)CC2)c1. The zero-order valence-electron chi connectivity index (χ0n) is 17.4. The predicted molar refractivity (Wildman–Crippen MR) is 125 cm³/mol. The number of hydrogen-bond donors (Lipinski definition) is 1. The second-order valence-corrected chi connectivity index (χ2v) is 8.03. The molecule has 5 rings (SSSR count). The molecule has 2 aromatic carbocycles. The number of halogens is 2. The van der Waals surface area contributed by atoms with Crippen LogP contribution in [0.4, 0.5) is 10.3 Å². The lowest BCUT2D eigenvalue weighted by molar-refractivity contribution is 0.100. The van der Waals surface area contributed by atoms with Crippen molar-refractivity contribution < 1.29 is 9.18 Å². The molecule has 0 aliphatic carbocycles. The molecule has 0 radical (unpaired) electrons. The van der Waals surface area contributed by atoms with Crippen LogP contribution in [0.1, 0.15) is 22.5 Å². The number of primary amides is 1. The van der Waals surface area contributed by atoms with E-state index in [1.54, 1.807) is 36.8 Å². The number of amides is 1. The standard InChI is InChI=1S/C24H18ClFN6O/c25-18-12-20-17(11-19(18)26)13-30-24(31-20)32-8-4-14(5-9-32)21-22(29-7-6-28-21)15-2-1-3-16(10-15)23(27)33/h1-4,6-7,10-13H,5,8-9H2,(H2,27,33). The van der Waals surface area contributed by atoms with E-state index >= 15 is 0 Å². The summed E-state index contributed by atoms with van der Waals surface area (Å²) in [5, 5.41) is 0.625. The summed E-state index contributed by atoms with van der Waals surface area (Å²) in [4.78, 5) is 31.6. The first-order valence-corrected chi connectivity index (χ1v) is 10.6. The lowest BCUT2D eigenvalue weighted by Gasteiger charge is -2.27. The first-order valence-electron chi connectivity index (χ1n) is 10.3. The molecule has 1 amide bonds. The summed E-state index contributed by atoms with van der Waals surface area (Å²) in [7, 11) is 0. The maximum atomic E-state index is 13.7. The number of nitrogens with two attached hydrogens (primary N) is 1. The monoisotopic (exact) mass is 460 g/mol. The lowest BCUT2D eigenvalue weighted by Crippen LogP contribution is -2.30. The van der Waals surface area contributed by atoms with Crippen molar-refractivity contribution in [2.75, 3.05) is 18.0 Å². The van der Waals surface area contributed by atoms with E-state index in [0.29, 0.717) is 47.6 Å². The molecule has 33 heavy (non-hydrogen) atoms. The van der Waals surface area contributed by atoms with Crippen molar-refractivity contribution in [3.63, 3.8) is 0 Å². The summed E-state index contributed by atoms with van der Waals surface area (Å²) >= 11 is 5.91. The van der Waals surface area contributed by atoms with Crippen molar-refractivity contribution in [2.24, 2.45) is 5.73 Å². The summed E-state index contributed by atoms with van der Waals surface area (Å²) in [6, 6.07) is 9.90. The fourth-order valence-corrected chi connectivity index (χ4v) is 4.00. The van der Waals surface area contributed by atoms with Gasteiger partial charge in [-0.25, -0.2) is 14.4 Å². The number of benzene rings is 2. The van der Waals surface area contributed by atoms with Gasteiger partial charge < -0.3 is 10.6 Å². The Balaban J connectivity index is 1.43. The largest absolute Gasteiger partial charge is 0.366 e. The third kappa shape index (κ3) is 4.12. The van der Waals surface area contributed by atoms with Crippen LogP contribution in [-0.2, 0) is 0 Å². The van der Waals surface area contributed by atoms with Gasteiger partial charge in [-0.2, -0.15) is 0 Å². The fourth-order valence-electron chi connectivity index (χ4n) is 3.84. The number of hydrogen-bond acceptors (Lipinski definition) is 6. The van der Waals surface area contributed by atoms with Gasteiger partial charge in [0.05, 0.1) is 21.9 Å². The zero-order valence-corrected chi connectivity index (χ0v) is 18.1. The molecule has 1 aliphatic heterocycles. The smallest absolute Gasteiger partial charge is 0.248 e. The summed E-state index contributed by atoms with van der Waals surface area (Å²) in [6.45, 7) is 1.25. The van der Waals surface area contributed by atoms with Crippen LogP contribution in [-0.4, -0.2) is 38.9 Å². The second kappa shape index (κ2) is 8.55. The molecule has 0 saturated carbocycles. The Bertz CT molecular complexity index is 1420. The molecule has 2 aromatic heterocycles. The van der Waals surface area contributed by atoms with E-state index in [9.17, 15) is 9.18 Å². The number of anilines is 1. The van der Waals surface area contributed by atoms with Gasteiger partial charge in [-0.1, -0.05) is 29.8 Å². The number of rotatable bonds is 4. The van der Waals surface area contributed by atoms with Crippen LogP contribution in [0.5, 0.6) is 0 Å². The van der Waals surface area contributed by atoms with Gasteiger partial charge in [-0.05, 0) is 36.3 Å². The molecule has 4 aromatic rings. The Morgan fingerprint density at radius 1 is 1.09 bits per heavy atom. The predicted octanol–water partition coefficient (Wildman–Crippen LogP) is 4.27. The minimum Gasteiger partial charge on any atom is -0.366 e. The van der Waals surface area contributed by atoms with E-state index in [0.717, 1.165) is 16.8 Å². The molecule has 0 unspecified atom stereocenters. The minimum absolute atomic E-state index is 0.0311. The quantitative estimate of drug-likeness (QED) is 0.488. The van der Waals surface area contributed by atoms with Crippen molar-refractivity contribution in [2.45, 2.75) is 6.42 Å². The minimum atomic E-state index is -0.493. The molecule has 3 heterocycles. The Kier molecular flexibility index (Phi) is 5.43. The third-order valence-electron chi connectivity index (χ3n) is 5.52. The highest BCUT2D eigenvalue weighted by Crippen LogP contribution is 2.30. The Labute approximate surface area is 193 Å². The van der Waals surface area contributed by atoms with Crippen LogP contribution < -0.4 is 10.6 Å². The average molecular weight is 461 g/mol. The van der Waals surface area contributed by atoms with Gasteiger partial charge in [0.1, 0.15) is 5.82 Å². The highest BCUT2D eigenvalue weighted by atomic mass is 35.5. The van der Waals surface area contributed by atoms with E-state index < -0.39 is 11.7 Å². The Hall–Kier alpha value is -3.91. The molecule has 0 saturated heterocycles. The van der Waals surface area contributed by atoms with E-state index in [-0.39, 0.29) is 5.02 Å². The maximum Gasteiger partial charge on any atom is 0.248 e. The summed E-state index contributed by atoms with van der Waals surface area (Å²) < 4.78 is 13.7. The van der Waals surface area contributed by atoms with Gasteiger partial charge in [0.2, 0.25) is 11.9 Å². The first kappa shape index (κ1) is 21.0. The number of aromatic nitrogens is 4. The van der Waals surface area contributed by atoms with Crippen LogP contribution in [0.15, 0.2) is 61.1 Å². The van der Waals surface area contributed by atoms with Crippen LogP contribution in [0.2, 0.25) is 5.02 Å². The Morgan fingerprint density at radius 2 is 1.91 bits per heavy atom. The summed E-state index contributed by atoms with van der Waals surface area (Å²) in [5.74, 6) is -0.435. The van der Waals surface area contributed by atoms with Crippen molar-refractivity contribution in [1.29, 1.82) is 0 Å². The first-order chi connectivity index (χ1) is 16.0. The van der Waals surface area contributed by atoms with Crippen LogP contribution in [0.25, 0.3) is 27.7 Å². The molecule has 0 bridgehead atoms. The number of carbonyl (C=O) groups excluding carboxylic acids is 1. The Morgan fingerprint density at radius 3 is 2.67 bits per heavy atom. The van der Waals surface area contributed by atoms with Gasteiger partial charge in [-0.15, -0.1) is 0 Å². The van der Waals surface area contributed by atoms with E-state index in [1.165, 1.54) is 12.1 Å². The number of nitrogens with zero attached hydrogens (tertiary/aromatic N) is 5. The third-order valence-corrected chi connectivity index (χ3v) is 5.81. The highest BCUT2D eigenvalue weighted by Gasteiger charge is 2.20. The van der Waals surface area contributed by atoms with E-state index in [4.69, 9.17) is 17.3 Å². The molecule has 7 nitrogen and oxygen atoms in total. The van der Waals surface area contributed by atoms with E-state index in [1.807, 2.05) is 11.0 Å². The highest BCUT2D eigenvalue weighted by molar-refractivity contribution is 6.31. The van der Waals surface area contributed by atoms with Gasteiger partial charge in [0, 0.05) is 48.2 Å². The van der Waals surface area contributed by atoms with E-state index in [2.05, 4.69) is 26.0 Å². The molecule has 0 fully saturated rings. The van der Waals surface area contributed by atoms with Crippen molar-refractivity contribution in [3.8, 4) is 11.3 Å². The zero-order chi connectivity index (χ0) is 22.9. The van der Waals surface area contributed by atoms with Crippen molar-refractivity contribution >= 4 is 39.9 Å². The average Bonchev–Trinajstić information content (AvgIpc) is 2.85. The van der Waals surface area contributed by atoms with Crippen LogP contribution >= 0.6 is 11.6 Å². The van der Waals surface area contributed by atoms with Gasteiger partial charge in [-0.3, -0.25) is 14.8 Å². The number of fused-ring (bicyclic) bond motifs is 1. The summed E-state index contributed by atoms with van der Waals surface area (Å²) in [6.07, 6.45) is 7.65. The van der Waals surface area contributed by atoms with Crippen LogP contribution in [0, 0.1) is 5.82 Å². The van der Waals surface area contributed by atoms with Crippen molar-refractivity contribution in [1.82, 2.24) is 19.9 Å². The van der Waals surface area contributed by atoms with Gasteiger partial charge in [0.15, 0.2) is 0 Å². The molecule has 0 atom stereocenters. The fraction of sp³-hybridized carbons (Fsp3) is 0.125. The maximum absolute atomic E-state index is 13.7. The van der Waals surface area contributed by atoms with Gasteiger partial charge in [0.25, 0.3) is 0 Å². The molecule has 164 valence electrons. The molecule has 1 aliphatic rings. The summed E-state index contributed by atoms with van der Waals surface area (Å²) in [5.41, 5.74) is 9.72. The van der Waals surface area contributed by atoms with Crippen LogP contribution in [0.3, 0.4) is 0 Å². The molecule has 0 spiro atoms.